The van der Waals surface area contributed by atoms with Gasteiger partial charge in [0.25, 0.3) is 0 Å². The molecule has 0 radical (unpaired) electrons. The third-order valence-corrected chi connectivity index (χ3v) is 2.99. The van der Waals surface area contributed by atoms with Gasteiger partial charge in [0.2, 0.25) is 0 Å². The summed E-state index contributed by atoms with van der Waals surface area (Å²) in [6, 6.07) is 7.83. The van der Waals surface area contributed by atoms with Gasteiger partial charge in [0.1, 0.15) is 5.78 Å². The van der Waals surface area contributed by atoms with Crippen molar-refractivity contribution in [1.29, 1.82) is 0 Å². The number of halogens is 1. The molecule has 0 aliphatic carbocycles. The van der Waals surface area contributed by atoms with Crippen LogP contribution in [0, 0.1) is 5.92 Å². The summed E-state index contributed by atoms with van der Waals surface area (Å²) in [4.78, 5) is 11.8. The standard InChI is InChI=1S/C12H16BrNO/c1-2-10(8-14)12(15)7-9-4-3-5-11(13)6-9/h3-6,10H,2,7-8,14H2,1H3. The maximum absolute atomic E-state index is 11.8. The molecule has 0 heterocycles. The molecule has 1 rings (SSSR count). The Bertz CT molecular complexity index is 334. The molecule has 1 unspecified atom stereocenters. The molecule has 1 aromatic carbocycles. The number of benzene rings is 1. The van der Waals surface area contributed by atoms with E-state index < -0.39 is 0 Å². The summed E-state index contributed by atoms with van der Waals surface area (Å²) in [7, 11) is 0. The third kappa shape index (κ3) is 3.76. The number of carbonyl (C=O) groups is 1. The molecule has 0 spiro atoms. The van der Waals surface area contributed by atoms with E-state index in [2.05, 4.69) is 15.9 Å². The summed E-state index contributed by atoms with van der Waals surface area (Å²) in [6.07, 6.45) is 1.30. The monoisotopic (exact) mass is 269 g/mol. The van der Waals surface area contributed by atoms with Crippen LogP contribution in [0.15, 0.2) is 28.7 Å². The Labute approximate surface area is 99.0 Å². The lowest BCUT2D eigenvalue weighted by Gasteiger charge is -2.10. The molecule has 0 fully saturated rings. The highest BCUT2D eigenvalue weighted by Crippen LogP contribution is 2.14. The van der Waals surface area contributed by atoms with Crippen molar-refractivity contribution >= 4 is 21.7 Å². The zero-order chi connectivity index (χ0) is 11.3. The van der Waals surface area contributed by atoms with Gasteiger partial charge in [-0.2, -0.15) is 0 Å². The predicted octanol–water partition coefficient (Wildman–Crippen LogP) is 2.55. The van der Waals surface area contributed by atoms with Crippen molar-refractivity contribution < 1.29 is 4.79 Å². The summed E-state index contributed by atoms with van der Waals surface area (Å²) < 4.78 is 1.01. The van der Waals surface area contributed by atoms with E-state index in [1.807, 2.05) is 31.2 Å². The zero-order valence-corrected chi connectivity index (χ0v) is 10.5. The van der Waals surface area contributed by atoms with Gasteiger partial charge >= 0.3 is 0 Å². The molecule has 2 nitrogen and oxygen atoms in total. The van der Waals surface area contributed by atoms with Crippen LogP contribution in [-0.2, 0) is 11.2 Å². The quantitative estimate of drug-likeness (QED) is 0.893. The second kappa shape index (κ2) is 6.03. The first kappa shape index (κ1) is 12.4. The van der Waals surface area contributed by atoms with Crippen molar-refractivity contribution in [2.45, 2.75) is 19.8 Å². The molecule has 15 heavy (non-hydrogen) atoms. The van der Waals surface area contributed by atoms with E-state index in [1.165, 1.54) is 0 Å². The number of hydrogen-bond acceptors (Lipinski definition) is 2. The molecule has 82 valence electrons. The Kier molecular flexibility index (Phi) is 4.99. The molecule has 0 bridgehead atoms. The van der Waals surface area contributed by atoms with Crippen molar-refractivity contribution in [3.63, 3.8) is 0 Å². The molecule has 0 saturated heterocycles. The van der Waals surface area contributed by atoms with Crippen LogP contribution in [0.4, 0.5) is 0 Å². The fraction of sp³-hybridized carbons (Fsp3) is 0.417. The average molecular weight is 270 g/mol. The molecule has 0 aromatic heterocycles. The van der Waals surface area contributed by atoms with Gasteiger partial charge in [-0.3, -0.25) is 4.79 Å². The lowest BCUT2D eigenvalue weighted by atomic mass is 9.96. The summed E-state index contributed by atoms with van der Waals surface area (Å²) in [6.45, 7) is 2.44. The summed E-state index contributed by atoms with van der Waals surface area (Å²) in [5, 5.41) is 0. The predicted molar refractivity (Wildman–Crippen MR) is 65.7 cm³/mol. The molecule has 3 heteroatoms. The van der Waals surface area contributed by atoms with E-state index in [0.717, 1.165) is 16.5 Å². The maximum atomic E-state index is 11.8. The molecule has 1 atom stereocenters. The number of rotatable bonds is 5. The van der Waals surface area contributed by atoms with Crippen molar-refractivity contribution in [2.24, 2.45) is 11.7 Å². The number of Topliss-reactive ketones (excluding diaryl/α,β-unsaturated/α-hetero) is 1. The Morgan fingerprint density at radius 3 is 2.80 bits per heavy atom. The van der Waals surface area contributed by atoms with Crippen LogP contribution in [0.1, 0.15) is 18.9 Å². The fourth-order valence-electron chi connectivity index (χ4n) is 1.52. The van der Waals surface area contributed by atoms with Crippen molar-refractivity contribution in [1.82, 2.24) is 0 Å². The van der Waals surface area contributed by atoms with E-state index >= 15 is 0 Å². The van der Waals surface area contributed by atoms with E-state index in [0.29, 0.717) is 13.0 Å². The number of ketones is 1. The smallest absolute Gasteiger partial charge is 0.141 e. The molecule has 0 aliphatic heterocycles. The molecule has 0 saturated carbocycles. The lowest BCUT2D eigenvalue weighted by Crippen LogP contribution is -2.24. The number of carbonyl (C=O) groups excluding carboxylic acids is 1. The molecule has 1 aromatic rings. The minimum Gasteiger partial charge on any atom is -0.330 e. The maximum Gasteiger partial charge on any atom is 0.141 e. The largest absolute Gasteiger partial charge is 0.330 e. The van der Waals surface area contributed by atoms with Gasteiger partial charge in [0, 0.05) is 23.4 Å². The van der Waals surface area contributed by atoms with E-state index in [1.54, 1.807) is 0 Å². The van der Waals surface area contributed by atoms with Gasteiger partial charge in [0.05, 0.1) is 0 Å². The second-order valence-corrected chi connectivity index (χ2v) is 4.53. The summed E-state index contributed by atoms with van der Waals surface area (Å²) in [5.74, 6) is 0.238. The van der Waals surface area contributed by atoms with Gasteiger partial charge in [0.15, 0.2) is 0 Å². The SMILES string of the molecule is CCC(CN)C(=O)Cc1cccc(Br)c1. The molecule has 2 N–H and O–H groups in total. The Hall–Kier alpha value is -0.670. The Morgan fingerprint density at radius 2 is 2.27 bits per heavy atom. The van der Waals surface area contributed by atoms with Crippen LogP contribution in [0.3, 0.4) is 0 Å². The van der Waals surface area contributed by atoms with E-state index in [9.17, 15) is 4.79 Å². The number of nitrogens with two attached hydrogens (primary N) is 1. The van der Waals surface area contributed by atoms with Crippen LogP contribution in [0.2, 0.25) is 0 Å². The minimum atomic E-state index is 0.00369. The van der Waals surface area contributed by atoms with E-state index in [-0.39, 0.29) is 11.7 Å². The second-order valence-electron chi connectivity index (χ2n) is 3.61. The first-order chi connectivity index (χ1) is 7.17. The molecule has 0 aliphatic rings. The highest BCUT2D eigenvalue weighted by molar-refractivity contribution is 9.10. The Morgan fingerprint density at radius 1 is 1.53 bits per heavy atom. The summed E-state index contributed by atoms with van der Waals surface area (Å²) >= 11 is 3.39. The van der Waals surface area contributed by atoms with Crippen LogP contribution in [-0.4, -0.2) is 12.3 Å². The zero-order valence-electron chi connectivity index (χ0n) is 8.87. The Balaban J connectivity index is 2.65. The first-order valence-corrected chi connectivity index (χ1v) is 5.94. The van der Waals surface area contributed by atoms with Gasteiger partial charge in [-0.15, -0.1) is 0 Å². The lowest BCUT2D eigenvalue weighted by molar-refractivity contribution is -0.122. The average Bonchev–Trinajstić information content (AvgIpc) is 2.19. The van der Waals surface area contributed by atoms with Crippen LogP contribution in [0.5, 0.6) is 0 Å². The fourth-order valence-corrected chi connectivity index (χ4v) is 1.96. The minimum absolute atomic E-state index is 0.00369. The molecule has 0 amide bonds. The first-order valence-electron chi connectivity index (χ1n) is 5.14. The van der Waals surface area contributed by atoms with Crippen LogP contribution in [0.25, 0.3) is 0 Å². The highest BCUT2D eigenvalue weighted by atomic mass is 79.9. The number of hydrogen-bond donors (Lipinski definition) is 1. The normalized spacial score (nSPS) is 12.5. The van der Waals surface area contributed by atoms with Gasteiger partial charge < -0.3 is 5.73 Å². The van der Waals surface area contributed by atoms with Crippen LogP contribution < -0.4 is 5.73 Å². The molecular weight excluding hydrogens is 254 g/mol. The van der Waals surface area contributed by atoms with Gasteiger partial charge in [-0.1, -0.05) is 35.0 Å². The van der Waals surface area contributed by atoms with Crippen molar-refractivity contribution in [3.05, 3.63) is 34.3 Å². The van der Waals surface area contributed by atoms with Crippen LogP contribution >= 0.6 is 15.9 Å². The third-order valence-electron chi connectivity index (χ3n) is 2.50. The topological polar surface area (TPSA) is 43.1 Å². The van der Waals surface area contributed by atoms with E-state index in [4.69, 9.17) is 5.73 Å². The van der Waals surface area contributed by atoms with Crippen molar-refractivity contribution in [3.8, 4) is 0 Å². The summed E-state index contributed by atoms with van der Waals surface area (Å²) in [5.41, 5.74) is 6.58. The molecular formula is C12H16BrNO. The van der Waals surface area contributed by atoms with Crippen molar-refractivity contribution in [2.75, 3.05) is 6.54 Å². The van der Waals surface area contributed by atoms with Gasteiger partial charge in [-0.25, -0.2) is 0 Å². The van der Waals surface area contributed by atoms with Gasteiger partial charge in [-0.05, 0) is 24.1 Å². The highest BCUT2D eigenvalue weighted by Gasteiger charge is 2.14.